The maximum atomic E-state index is 13.6. The van der Waals surface area contributed by atoms with Gasteiger partial charge in [-0.25, -0.2) is 9.07 Å². The van der Waals surface area contributed by atoms with Crippen molar-refractivity contribution in [1.29, 1.82) is 0 Å². The fraction of sp³-hybridized carbons (Fsp3) is 0.308. The Morgan fingerprint density at radius 1 is 1.36 bits per heavy atom. The quantitative estimate of drug-likeness (QED) is 0.683. The maximum Gasteiger partial charge on any atom is 0.240 e. The van der Waals surface area contributed by atoms with Gasteiger partial charge in [-0.3, -0.25) is 0 Å². The van der Waals surface area contributed by atoms with Gasteiger partial charge in [-0.05, 0) is 35.9 Å². The Labute approximate surface area is 129 Å². The molecule has 3 rings (SSSR count). The van der Waals surface area contributed by atoms with Gasteiger partial charge in [0, 0.05) is 12.6 Å². The molecular formula is C13H13FN6OS. The number of hydrogen-bond donors (Lipinski definition) is 0. The molecule has 0 fully saturated rings. The second kappa shape index (κ2) is 5.84. The van der Waals surface area contributed by atoms with Crippen LogP contribution in [0.25, 0.3) is 11.4 Å². The maximum absolute atomic E-state index is 13.6. The molecule has 0 bridgehead atoms. The van der Waals surface area contributed by atoms with Gasteiger partial charge in [0.15, 0.2) is 0 Å². The van der Waals surface area contributed by atoms with Crippen molar-refractivity contribution in [2.24, 2.45) is 7.05 Å². The van der Waals surface area contributed by atoms with Crippen molar-refractivity contribution < 1.29 is 8.91 Å². The molecule has 0 radical (unpaired) electrons. The molecule has 9 heteroatoms. The number of aryl methyl sites for hydroxylation is 2. The molecule has 0 aliphatic rings. The summed E-state index contributed by atoms with van der Waals surface area (Å²) in [7, 11) is 1.75. The number of benzene rings is 1. The fourth-order valence-electron chi connectivity index (χ4n) is 1.78. The first-order valence-electron chi connectivity index (χ1n) is 6.53. The zero-order chi connectivity index (χ0) is 15.7. The van der Waals surface area contributed by atoms with Gasteiger partial charge in [-0.15, -0.1) is 5.10 Å². The summed E-state index contributed by atoms with van der Waals surface area (Å²) < 4.78 is 20.4. The van der Waals surface area contributed by atoms with E-state index in [1.165, 1.54) is 17.8 Å². The van der Waals surface area contributed by atoms with Gasteiger partial charge in [0.2, 0.25) is 16.9 Å². The Hall–Kier alpha value is -2.29. The van der Waals surface area contributed by atoms with Gasteiger partial charge >= 0.3 is 0 Å². The van der Waals surface area contributed by atoms with Crippen LogP contribution in [0.2, 0.25) is 0 Å². The molecule has 22 heavy (non-hydrogen) atoms. The van der Waals surface area contributed by atoms with Gasteiger partial charge in [0.1, 0.15) is 5.82 Å². The first-order valence-corrected chi connectivity index (χ1v) is 7.41. The topological polar surface area (TPSA) is 82.5 Å². The van der Waals surface area contributed by atoms with Crippen LogP contribution in [0.5, 0.6) is 0 Å². The van der Waals surface area contributed by atoms with Crippen molar-refractivity contribution in [2.45, 2.75) is 24.3 Å². The summed E-state index contributed by atoms with van der Waals surface area (Å²) in [5.41, 5.74) is 1.15. The fourth-order valence-corrected chi connectivity index (χ4v) is 2.56. The molecule has 0 spiro atoms. The summed E-state index contributed by atoms with van der Waals surface area (Å²) in [6, 6.07) is 4.84. The Bertz CT molecular complexity index is 801. The largest absolute Gasteiger partial charge is 0.338 e. The number of halogens is 1. The zero-order valence-corrected chi connectivity index (χ0v) is 13.0. The molecule has 0 amide bonds. The third-order valence-corrected chi connectivity index (χ3v) is 4.19. The van der Waals surface area contributed by atoms with E-state index >= 15 is 0 Å². The van der Waals surface area contributed by atoms with Crippen LogP contribution < -0.4 is 0 Å². The molecule has 1 atom stereocenters. The molecule has 2 heterocycles. The van der Waals surface area contributed by atoms with Crippen LogP contribution in [0.1, 0.15) is 23.6 Å². The van der Waals surface area contributed by atoms with E-state index < -0.39 is 0 Å². The van der Waals surface area contributed by atoms with Crippen LogP contribution in [-0.2, 0) is 7.05 Å². The van der Waals surface area contributed by atoms with Gasteiger partial charge in [0.25, 0.3) is 0 Å². The highest BCUT2D eigenvalue weighted by molar-refractivity contribution is 7.99. The third-order valence-electron chi connectivity index (χ3n) is 3.08. The average molecular weight is 320 g/mol. The molecular weight excluding hydrogens is 307 g/mol. The van der Waals surface area contributed by atoms with Gasteiger partial charge in [-0.1, -0.05) is 29.1 Å². The lowest BCUT2D eigenvalue weighted by molar-refractivity contribution is 0.380. The van der Waals surface area contributed by atoms with E-state index in [4.69, 9.17) is 4.52 Å². The highest BCUT2D eigenvalue weighted by Gasteiger charge is 2.19. The molecule has 0 saturated heterocycles. The Balaban J connectivity index is 1.81. The molecule has 0 N–H and O–H groups in total. The molecule has 0 aliphatic carbocycles. The normalized spacial score (nSPS) is 12.5. The summed E-state index contributed by atoms with van der Waals surface area (Å²) in [4.78, 5) is 4.32. The Kier molecular flexibility index (Phi) is 3.88. The SMILES string of the molecule is Cc1ccc(-c2noc(C(C)Sc3nnnn3C)n2)cc1F. The predicted molar refractivity (Wildman–Crippen MR) is 77.5 cm³/mol. The van der Waals surface area contributed by atoms with E-state index in [0.29, 0.717) is 28.0 Å². The monoisotopic (exact) mass is 320 g/mol. The van der Waals surface area contributed by atoms with Crippen LogP contribution in [0.3, 0.4) is 0 Å². The summed E-state index contributed by atoms with van der Waals surface area (Å²) in [5, 5.41) is 15.7. The summed E-state index contributed by atoms with van der Waals surface area (Å²) in [5.74, 6) is 0.498. The van der Waals surface area contributed by atoms with Crippen LogP contribution in [0, 0.1) is 12.7 Å². The van der Waals surface area contributed by atoms with Crippen molar-refractivity contribution in [3.05, 3.63) is 35.5 Å². The van der Waals surface area contributed by atoms with Crippen molar-refractivity contribution in [1.82, 2.24) is 30.3 Å². The van der Waals surface area contributed by atoms with Crippen LogP contribution in [0.4, 0.5) is 4.39 Å². The van der Waals surface area contributed by atoms with E-state index in [1.807, 2.05) is 6.92 Å². The van der Waals surface area contributed by atoms with E-state index in [0.717, 1.165) is 0 Å². The summed E-state index contributed by atoms with van der Waals surface area (Å²) >= 11 is 1.40. The van der Waals surface area contributed by atoms with Gasteiger partial charge < -0.3 is 4.52 Å². The first kappa shape index (κ1) is 14.6. The molecule has 114 valence electrons. The number of aromatic nitrogens is 6. The second-order valence-corrected chi connectivity index (χ2v) is 6.07. The lowest BCUT2D eigenvalue weighted by Crippen LogP contribution is -1.96. The van der Waals surface area contributed by atoms with E-state index in [2.05, 4.69) is 25.7 Å². The van der Waals surface area contributed by atoms with Gasteiger partial charge in [0.05, 0.1) is 5.25 Å². The van der Waals surface area contributed by atoms with Crippen molar-refractivity contribution >= 4 is 11.8 Å². The Morgan fingerprint density at radius 2 is 2.18 bits per heavy atom. The highest BCUT2D eigenvalue weighted by Crippen LogP contribution is 2.32. The number of rotatable bonds is 4. The number of hydrogen-bond acceptors (Lipinski definition) is 7. The average Bonchev–Trinajstić information content (AvgIpc) is 3.12. The Morgan fingerprint density at radius 3 is 2.86 bits per heavy atom. The minimum Gasteiger partial charge on any atom is -0.338 e. The van der Waals surface area contributed by atoms with E-state index in [9.17, 15) is 4.39 Å². The molecule has 0 saturated carbocycles. The predicted octanol–water partition coefficient (Wildman–Crippen LogP) is 2.56. The smallest absolute Gasteiger partial charge is 0.240 e. The summed E-state index contributed by atoms with van der Waals surface area (Å²) in [6.07, 6.45) is 0. The number of thioether (sulfide) groups is 1. The lowest BCUT2D eigenvalue weighted by atomic mass is 10.1. The second-order valence-electron chi connectivity index (χ2n) is 4.77. The summed E-state index contributed by atoms with van der Waals surface area (Å²) in [6.45, 7) is 3.61. The molecule has 0 aliphatic heterocycles. The van der Waals surface area contributed by atoms with E-state index in [-0.39, 0.29) is 11.1 Å². The van der Waals surface area contributed by atoms with Crippen LogP contribution in [0.15, 0.2) is 27.9 Å². The molecule has 3 aromatic rings. The highest BCUT2D eigenvalue weighted by atomic mass is 32.2. The zero-order valence-electron chi connectivity index (χ0n) is 12.2. The lowest BCUT2D eigenvalue weighted by Gasteiger charge is -2.03. The van der Waals surface area contributed by atoms with E-state index in [1.54, 1.807) is 30.8 Å². The minimum atomic E-state index is -0.295. The first-order chi connectivity index (χ1) is 10.5. The molecule has 1 unspecified atom stereocenters. The molecule has 2 aromatic heterocycles. The number of tetrazole rings is 1. The molecule has 7 nitrogen and oxygen atoms in total. The van der Waals surface area contributed by atoms with Gasteiger partial charge in [-0.2, -0.15) is 4.98 Å². The van der Waals surface area contributed by atoms with Crippen molar-refractivity contribution in [3.63, 3.8) is 0 Å². The van der Waals surface area contributed by atoms with Crippen LogP contribution in [-0.4, -0.2) is 30.3 Å². The standard InChI is InChI=1S/C13H13FN6OS/c1-7-4-5-9(6-10(7)14)11-15-12(21-17-11)8(2)22-13-16-18-19-20(13)3/h4-6,8H,1-3H3. The van der Waals surface area contributed by atoms with Crippen molar-refractivity contribution in [2.75, 3.05) is 0 Å². The molecule has 1 aromatic carbocycles. The minimum absolute atomic E-state index is 0.124. The number of nitrogens with zero attached hydrogens (tertiary/aromatic N) is 6. The van der Waals surface area contributed by atoms with Crippen LogP contribution >= 0.6 is 11.8 Å². The van der Waals surface area contributed by atoms with Crippen molar-refractivity contribution in [3.8, 4) is 11.4 Å². The third kappa shape index (κ3) is 2.84.